The van der Waals surface area contributed by atoms with Gasteiger partial charge in [0.25, 0.3) is 0 Å². The average molecular weight is 582 g/mol. The molecule has 0 aromatic heterocycles. The second kappa shape index (κ2) is 13.9. The van der Waals surface area contributed by atoms with Gasteiger partial charge >= 0.3 is 20.4 Å². The summed E-state index contributed by atoms with van der Waals surface area (Å²) in [5, 5.41) is 0. The Bertz CT molecular complexity index is 1010. The second-order valence-corrected chi connectivity index (χ2v) is 9.35. The van der Waals surface area contributed by atoms with Crippen LogP contribution in [0.25, 0.3) is 0 Å². The maximum atomic E-state index is 3.16. The Kier molecular flexibility index (Phi) is 12.3. The van der Waals surface area contributed by atoms with Crippen LogP contribution in [0.3, 0.4) is 0 Å². The molecule has 0 spiro atoms. The van der Waals surface area contributed by atoms with Crippen molar-refractivity contribution in [1.82, 2.24) is 4.90 Å². The molecule has 0 atom stereocenters. The van der Waals surface area contributed by atoms with Crippen molar-refractivity contribution in [2.45, 2.75) is 48.1 Å². The van der Waals surface area contributed by atoms with E-state index in [1.54, 1.807) is 0 Å². The fourth-order valence-electron chi connectivity index (χ4n) is 4.65. The Morgan fingerprint density at radius 3 is 1.51 bits per heavy atom. The van der Waals surface area contributed by atoms with E-state index >= 15 is 0 Å². The molecule has 0 radical (unpaired) electrons. The van der Waals surface area contributed by atoms with Crippen LogP contribution in [0.2, 0.25) is 0 Å². The van der Waals surface area contributed by atoms with Gasteiger partial charge in [-0.05, 0) is 90.3 Å². The van der Waals surface area contributed by atoms with Gasteiger partial charge in [-0.2, -0.15) is 30.3 Å². The molecule has 5 heteroatoms. The second-order valence-electron chi connectivity index (χ2n) is 9.35. The van der Waals surface area contributed by atoms with Crippen molar-refractivity contribution >= 4 is 11.4 Å². The molecule has 0 aliphatic carbocycles. The maximum Gasteiger partial charge on any atom is 2.00 e. The van der Waals surface area contributed by atoms with Gasteiger partial charge in [-0.25, -0.2) is 0 Å². The molecular weight excluding hydrogens is 544 g/mol. The van der Waals surface area contributed by atoms with Crippen LogP contribution in [0.1, 0.15) is 38.9 Å². The number of aryl methyl sites for hydroxylation is 6. The summed E-state index contributed by atoms with van der Waals surface area (Å²) in [5.41, 5.74) is 11.7. The largest absolute Gasteiger partial charge is 2.00 e. The third-order valence-corrected chi connectivity index (χ3v) is 5.68. The van der Waals surface area contributed by atoms with Gasteiger partial charge in [0.2, 0.25) is 0 Å². The van der Waals surface area contributed by atoms with Crippen molar-refractivity contribution in [3.8, 4) is 0 Å². The third-order valence-electron chi connectivity index (χ3n) is 5.68. The Morgan fingerprint density at radius 2 is 1.17 bits per heavy atom. The van der Waals surface area contributed by atoms with Crippen LogP contribution in [-0.2, 0) is 27.0 Å². The van der Waals surface area contributed by atoms with E-state index in [0.717, 1.165) is 6.54 Å². The normalized spacial score (nSPS) is 12.1. The van der Waals surface area contributed by atoms with Gasteiger partial charge in [0.1, 0.15) is 0 Å². The van der Waals surface area contributed by atoms with E-state index in [1.807, 2.05) is 18.2 Å². The van der Waals surface area contributed by atoms with E-state index in [9.17, 15) is 0 Å². The van der Waals surface area contributed by atoms with Gasteiger partial charge in [0.05, 0.1) is 0 Å². The van der Waals surface area contributed by atoms with E-state index in [4.69, 9.17) is 0 Å². The maximum absolute atomic E-state index is 3.16. The van der Waals surface area contributed by atoms with Crippen molar-refractivity contribution in [3.05, 3.63) is 113 Å². The van der Waals surface area contributed by atoms with Crippen LogP contribution in [0.4, 0.5) is 11.4 Å². The minimum atomic E-state index is 0. The first-order valence-electron chi connectivity index (χ1n) is 11.5. The van der Waals surface area contributed by atoms with E-state index in [2.05, 4.69) is 126 Å². The van der Waals surface area contributed by atoms with Crippen molar-refractivity contribution in [1.29, 1.82) is 0 Å². The van der Waals surface area contributed by atoms with Gasteiger partial charge in [0, 0.05) is 17.9 Å². The molecule has 3 aromatic rings. The molecule has 0 N–H and O–H groups in total. The summed E-state index contributed by atoms with van der Waals surface area (Å²) >= 11 is 0. The standard InChI is InChI=1S/C21H25N2.C9H12N.ClH.Pd/c1-14-9-16(3)20(17(4)10-14)22-7-8-23(13-22)21-18(5)11-15(2)12-19(21)6;1-10(2)8-9-6-4-3-5-7-9;;/h7-13H,1-6H3;3-6H,8H2,1-2H3;1H;/q2*-1;;+2/p-1. The molecule has 0 saturated heterocycles. The summed E-state index contributed by atoms with van der Waals surface area (Å²) in [6, 6.07) is 20.2. The molecule has 3 nitrogen and oxygen atoms in total. The first-order chi connectivity index (χ1) is 15.7. The van der Waals surface area contributed by atoms with Gasteiger partial charge in [0.15, 0.2) is 0 Å². The SMILES string of the molecule is CN(C)Cc1[c-]cccc1.Cc1cc(C)c(N2C=CN(c3c(C)cc(C)cc3C)[CH-]2)c(C)c1.[Cl-].[Pd+2]. The van der Waals surface area contributed by atoms with Gasteiger partial charge < -0.3 is 27.1 Å². The topological polar surface area (TPSA) is 9.72 Å². The summed E-state index contributed by atoms with van der Waals surface area (Å²) in [6.45, 7) is 16.2. The zero-order valence-electron chi connectivity index (χ0n) is 22.1. The fraction of sp³-hybridized carbons (Fsp3) is 0.300. The summed E-state index contributed by atoms with van der Waals surface area (Å²) in [5.74, 6) is 0. The molecule has 0 saturated carbocycles. The molecule has 3 aromatic carbocycles. The minimum absolute atomic E-state index is 0. The van der Waals surface area contributed by atoms with Crippen LogP contribution in [0, 0.1) is 54.3 Å². The van der Waals surface area contributed by atoms with Crippen LogP contribution in [0.5, 0.6) is 0 Å². The molecule has 1 heterocycles. The number of halogens is 1. The van der Waals surface area contributed by atoms with Crippen molar-refractivity contribution in [2.24, 2.45) is 0 Å². The van der Waals surface area contributed by atoms with Crippen molar-refractivity contribution < 1.29 is 32.8 Å². The van der Waals surface area contributed by atoms with Gasteiger partial charge in [-0.15, -0.1) is 12.2 Å². The number of benzene rings is 3. The van der Waals surface area contributed by atoms with Crippen LogP contribution < -0.4 is 22.2 Å². The Morgan fingerprint density at radius 1 is 0.743 bits per heavy atom. The number of anilines is 2. The zero-order valence-corrected chi connectivity index (χ0v) is 24.4. The quantitative estimate of drug-likeness (QED) is 0.341. The summed E-state index contributed by atoms with van der Waals surface area (Å²) in [7, 11) is 4.11. The monoisotopic (exact) mass is 580 g/mol. The van der Waals surface area contributed by atoms with Crippen LogP contribution in [0.15, 0.2) is 60.9 Å². The van der Waals surface area contributed by atoms with Crippen LogP contribution >= 0.6 is 0 Å². The minimum Gasteiger partial charge on any atom is -1.00 e. The molecule has 190 valence electrons. The first kappa shape index (κ1) is 30.9. The van der Waals surface area contributed by atoms with Crippen molar-refractivity contribution in [3.63, 3.8) is 0 Å². The summed E-state index contributed by atoms with van der Waals surface area (Å²) < 4.78 is 0. The zero-order chi connectivity index (χ0) is 24.1. The van der Waals surface area contributed by atoms with E-state index in [0.29, 0.717) is 0 Å². The van der Waals surface area contributed by atoms with Gasteiger partial charge in [-0.3, -0.25) is 0 Å². The van der Waals surface area contributed by atoms with Crippen molar-refractivity contribution in [2.75, 3.05) is 23.9 Å². The third kappa shape index (κ3) is 8.23. The Balaban J connectivity index is 0.000000435. The number of rotatable bonds is 4. The Hall–Kier alpha value is -2.09. The molecule has 1 aliphatic heterocycles. The summed E-state index contributed by atoms with van der Waals surface area (Å²) in [4.78, 5) is 6.58. The Labute approximate surface area is 232 Å². The number of hydrogen-bond donors (Lipinski definition) is 0. The predicted molar refractivity (Wildman–Crippen MR) is 142 cm³/mol. The van der Waals surface area contributed by atoms with Crippen LogP contribution in [-0.4, -0.2) is 19.0 Å². The molecule has 1 aliphatic rings. The molecule has 4 rings (SSSR count). The van der Waals surface area contributed by atoms with Gasteiger partial charge in [-0.1, -0.05) is 35.4 Å². The fourth-order valence-corrected chi connectivity index (χ4v) is 4.65. The molecular formula is C30H37ClN3Pd-. The smallest absolute Gasteiger partial charge is 1.00 e. The average Bonchev–Trinajstić information content (AvgIpc) is 3.16. The number of nitrogens with zero attached hydrogens (tertiary/aromatic N) is 3. The van der Waals surface area contributed by atoms with E-state index in [1.165, 1.54) is 50.3 Å². The molecule has 0 fully saturated rings. The molecule has 35 heavy (non-hydrogen) atoms. The van der Waals surface area contributed by atoms with E-state index < -0.39 is 0 Å². The molecule has 0 bridgehead atoms. The summed E-state index contributed by atoms with van der Waals surface area (Å²) in [6.07, 6.45) is 4.28. The predicted octanol–water partition coefficient (Wildman–Crippen LogP) is 4.00. The molecule has 0 unspecified atom stereocenters. The first-order valence-corrected chi connectivity index (χ1v) is 11.5. The van der Waals surface area contributed by atoms with E-state index in [-0.39, 0.29) is 32.8 Å². The molecule has 0 amide bonds. The number of hydrogen-bond acceptors (Lipinski definition) is 3.